The molecule has 2 aromatic heterocycles. The van der Waals surface area contributed by atoms with Gasteiger partial charge in [0.2, 0.25) is 0 Å². The van der Waals surface area contributed by atoms with E-state index in [1.54, 1.807) is 18.5 Å². The maximum atomic E-state index is 11.1. The highest BCUT2D eigenvalue weighted by atomic mass is 16.2. The fourth-order valence-electron chi connectivity index (χ4n) is 2.95. The fourth-order valence-corrected chi connectivity index (χ4v) is 2.95. The smallest absolute Gasteiger partial charge is 0.316 e. The second kappa shape index (κ2) is 6.09. The Bertz CT molecular complexity index is 988. The minimum absolute atomic E-state index is 0.594. The zero-order valence-corrected chi connectivity index (χ0v) is 13.2. The Hall–Kier alpha value is -3.67. The summed E-state index contributed by atoms with van der Waals surface area (Å²) in [5.74, 6) is 0. The van der Waals surface area contributed by atoms with Crippen molar-refractivity contribution < 1.29 is 4.79 Å². The maximum absolute atomic E-state index is 11.1. The largest absolute Gasteiger partial charge is 0.361 e. The molecule has 6 nitrogen and oxygen atoms in total. The number of nitrogens with one attached hydrogen (secondary N) is 2. The highest BCUT2D eigenvalue weighted by Gasteiger charge is 2.20. The first-order valence-electron chi connectivity index (χ1n) is 7.76. The van der Waals surface area contributed by atoms with Gasteiger partial charge in [-0.2, -0.15) is 0 Å². The first-order valence-corrected chi connectivity index (χ1v) is 7.76. The van der Waals surface area contributed by atoms with Gasteiger partial charge in [-0.15, -0.1) is 0 Å². The minimum Gasteiger partial charge on any atom is -0.361 e. The number of primary amides is 1. The molecule has 6 heteroatoms. The van der Waals surface area contributed by atoms with Gasteiger partial charge in [0.25, 0.3) is 0 Å². The third kappa shape index (κ3) is 2.81. The summed E-state index contributed by atoms with van der Waals surface area (Å²) in [5, 5.41) is 2.61. The van der Waals surface area contributed by atoms with Crippen LogP contribution >= 0.6 is 0 Å². The molecule has 0 atom stereocenters. The number of hydrogen-bond donors (Lipinski definition) is 3. The number of carbonyl (C=O) groups excluding carboxylic acids is 1. The van der Waals surface area contributed by atoms with Gasteiger partial charge in [-0.05, 0) is 48.0 Å². The standard InChI is InChI=1S/C19H15N5O/c20-19(25)24-13-3-4-16-14(10-13)15(11-23-16)18(17-2-1-7-22-17)12-5-8-21-9-6-12/h1-11,22H,(H3,20,24,25). The van der Waals surface area contributed by atoms with E-state index >= 15 is 0 Å². The number of benzene rings is 1. The predicted molar refractivity (Wildman–Crippen MR) is 98.7 cm³/mol. The molecule has 2 amide bonds. The summed E-state index contributed by atoms with van der Waals surface area (Å²) < 4.78 is 0. The molecular weight excluding hydrogens is 314 g/mol. The Labute approximate surface area is 144 Å². The van der Waals surface area contributed by atoms with E-state index in [0.717, 1.165) is 33.7 Å². The van der Waals surface area contributed by atoms with Crippen molar-refractivity contribution in [3.63, 3.8) is 0 Å². The number of rotatable bonds is 3. The molecule has 3 heterocycles. The SMILES string of the molecule is NC(=O)Nc1ccc2c(c1)C(=C(c1ccncc1)c1ccc[nH]1)C=N2. The third-order valence-corrected chi connectivity index (χ3v) is 3.99. The predicted octanol–water partition coefficient (Wildman–Crippen LogP) is 3.58. The lowest BCUT2D eigenvalue weighted by Crippen LogP contribution is -2.19. The molecule has 0 spiro atoms. The third-order valence-electron chi connectivity index (χ3n) is 3.99. The van der Waals surface area contributed by atoms with Gasteiger partial charge >= 0.3 is 6.03 Å². The monoisotopic (exact) mass is 329 g/mol. The number of nitrogens with zero attached hydrogens (tertiary/aromatic N) is 2. The summed E-state index contributed by atoms with van der Waals surface area (Å²) in [6.45, 7) is 0. The number of amides is 2. The number of pyridine rings is 1. The van der Waals surface area contributed by atoms with Gasteiger partial charge in [-0.25, -0.2) is 4.79 Å². The van der Waals surface area contributed by atoms with Crippen molar-refractivity contribution in [1.29, 1.82) is 0 Å². The van der Waals surface area contributed by atoms with Crippen LogP contribution in [0.15, 0.2) is 66.0 Å². The van der Waals surface area contributed by atoms with Gasteiger partial charge in [0, 0.05) is 52.9 Å². The highest BCUT2D eigenvalue weighted by Crippen LogP contribution is 2.39. The number of hydrogen-bond acceptors (Lipinski definition) is 3. The van der Waals surface area contributed by atoms with Crippen LogP contribution in [-0.4, -0.2) is 22.2 Å². The fraction of sp³-hybridized carbons (Fsp3) is 0. The molecular formula is C19H15N5O. The number of aliphatic imine (C=N–C) groups is 1. The minimum atomic E-state index is -0.594. The molecule has 1 aromatic carbocycles. The lowest BCUT2D eigenvalue weighted by atomic mass is 9.94. The molecule has 3 aromatic rings. The Kier molecular flexibility index (Phi) is 3.63. The second-order valence-electron chi connectivity index (χ2n) is 5.59. The van der Waals surface area contributed by atoms with E-state index < -0.39 is 6.03 Å². The highest BCUT2D eigenvalue weighted by molar-refractivity contribution is 6.26. The number of carbonyl (C=O) groups is 1. The van der Waals surface area contributed by atoms with E-state index in [2.05, 4.69) is 20.3 Å². The van der Waals surface area contributed by atoms with Gasteiger partial charge < -0.3 is 16.0 Å². The number of H-pyrrole nitrogens is 1. The summed E-state index contributed by atoms with van der Waals surface area (Å²) >= 11 is 0. The van der Waals surface area contributed by atoms with Gasteiger partial charge in [0.15, 0.2) is 0 Å². The van der Waals surface area contributed by atoms with Crippen LogP contribution in [0, 0.1) is 0 Å². The average Bonchev–Trinajstić information content (AvgIpc) is 3.27. The zero-order valence-electron chi connectivity index (χ0n) is 13.2. The Morgan fingerprint density at radius 2 is 1.96 bits per heavy atom. The van der Waals surface area contributed by atoms with Crippen LogP contribution in [0.5, 0.6) is 0 Å². The van der Waals surface area contributed by atoms with E-state index in [1.807, 2.05) is 48.8 Å². The Balaban J connectivity index is 1.92. The number of aromatic amines is 1. The number of nitrogens with two attached hydrogens (primary N) is 1. The lowest BCUT2D eigenvalue weighted by molar-refractivity contribution is 0.259. The molecule has 4 rings (SSSR count). The van der Waals surface area contributed by atoms with Crippen molar-refractivity contribution in [1.82, 2.24) is 9.97 Å². The van der Waals surface area contributed by atoms with Crippen LogP contribution in [0.3, 0.4) is 0 Å². The Morgan fingerprint density at radius 1 is 1.12 bits per heavy atom. The topological polar surface area (TPSA) is 96.2 Å². The molecule has 1 aliphatic heterocycles. The first-order chi connectivity index (χ1) is 12.2. The van der Waals surface area contributed by atoms with Crippen molar-refractivity contribution in [3.8, 4) is 0 Å². The van der Waals surface area contributed by atoms with Crippen LogP contribution in [-0.2, 0) is 0 Å². The first kappa shape index (κ1) is 14.9. The van der Waals surface area contributed by atoms with E-state index in [1.165, 1.54) is 0 Å². The second-order valence-corrected chi connectivity index (χ2v) is 5.59. The van der Waals surface area contributed by atoms with Gasteiger partial charge in [0.1, 0.15) is 0 Å². The molecule has 0 saturated heterocycles. The normalized spacial score (nSPS) is 14.2. The number of anilines is 1. The molecule has 4 N–H and O–H groups in total. The summed E-state index contributed by atoms with van der Waals surface area (Å²) in [4.78, 5) is 23.0. The number of urea groups is 1. The van der Waals surface area contributed by atoms with Crippen molar-refractivity contribution in [3.05, 3.63) is 77.9 Å². The molecule has 1 aliphatic rings. The number of aromatic nitrogens is 2. The van der Waals surface area contributed by atoms with Gasteiger partial charge in [-0.1, -0.05) is 0 Å². The lowest BCUT2D eigenvalue weighted by Gasteiger charge is -2.11. The van der Waals surface area contributed by atoms with Crippen LogP contribution in [0.4, 0.5) is 16.2 Å². The maximum Gasteiger partial charge on any atom is 0.316 e. The van der Waals surface area contributed by atoms with Crippen LogP contribution < -0.4 is 11.1 Å². The van der Waals surface area contributed by atoms with E-state index in [-0.39, 0.29) is 0 Å². The van der Waals surface area contributed by atoms with Gasteiger partial charge in [0.05, 0.1) is 5.69 Å². The molecule has 0 unspecified atom stereocenters. The van der Waals surface area contributed by atoms with Crippen LogP contribution in [0.25, 0.3) is 11.1 Å². The molecule has 0 bridgehead atoms. The van der Waals surface area contributed by atoms with Gasteiger partial charge in [-0.3, -0.25) is 9.98 Å². The zero-order chi connectivity index (χ0) is 17.2. The van der Waals surface area contributed by atoms with E-state index in [9.17, 15) is 4.79 Å². The molecule has 25 heavy (non-hydrogen) atoms. The van der Waals surface area contributed by atoms with Crippen molar-refractivity contribution in [2.45, 2.75) is 0 Å². The molecule has 122 valence electrons. The molecule has 0 fully saturated rings. The van der Waals surface area contributed by atoms with Crippen molar-refractivity contribution in [2.24, 2.45) is 10.7 Å². The molecule has 0 radical (unpaired) electrons. The van der Waals surface area contributed by atoms with Crippen molar-refractivity contribution >= 4 is 34.8 Å². The van der Waals surface area contributed by atoms with Crippen LogP contribution in [0.1, 0.15) is 16.8 Å². The van der Waals surface area contributed by atoms with E-state index in [0.29, 0.717) is 5.69 Å². The summed E-state index contributed by atoms with van der Waals surface area (Å²) in [6.07, 6.45) is 7.25. The van der Waals surface area contributed by atoms with E-state index in [4.69, 9.17) is 5.73 Å². The molecule has 0 saturated carbocycles. The summed E-state index contributed by atoms with van der Waals surface area (Å²) in [6, 6.07) is 12.8. The quantitative estimate of drug-likeness (QED) is 0.685. The van der Waals surface area contributed by atoms with Crippen LogP contribution in [0.2, 0.25) is 0 Å². The Morgan fingerprint density at radius 3 is 2.68 bits per heavy atom. The van der Waals surface area contributed by atoms with Crippen molar-refractivity contribution in [2.75, 3.05) is 5.32 Å². The summed E-state index contributed by atoms with van der Waals surface area (Å²) in [7, 11) is 0. The molecule has 0 aliphatic carbocycles. The average molecular weight is 329 g/mol. The number of fused-ring (bicyclic) bond motifs is 1. The number of allylic oxidation sites excluding steroid dienone is 1. The summed E-state index contributed by atoms with van der Waals surface area (Å²) in [5.41, 5.74) is 11.6.